The maximum Gasteiger partial charge on any atom is 0.243 e. The molecule has 1 aliphatic heterocycles. The highest BCUT2D eigenvalue weighted by molar-refractivity contribution is 7.89. The number of benzene rings is 2. The minimum atomic E-state index is -3.42. The van der Waals surface area contributed by atoms with E-state index in [-0.39, 0.29) is 18.4 Å². The lowest BCUT2D eigenvalue weighted by molar-refractivity contribution is 0.250. The normalized spacial score (nSPS) is 17.7. The van der Waals surface area contributed by atoms with E-state index in [9.17, 15) is 8.42 Å². The third-order valence-electron chi connectivity index (χ3n) is 4.84. The lowest BCUT2D eigenvalue weighted by Crippen LogP contribution is -2.42. The van der Waals surface area contributed by atoms with Crippen molar-refractivity contribution < 1.29 is 8.42 Å². The lowest BCUT2D eigenvalue weighted by Gasteiger charge is -2.32. The molecule has 4 nitrogen and oxygen atoms in total. The molecule has 1 aliphatic rings. The number of halogens is 1. The number of hydrogen-bond donors (Lipinski definition) is 1. The van der Waals surface area contributed by atoms with Gasteiger partial charge in [0.2, 0.25) is 10.0 Å². The Morgan fingerprint density at radius 3 is 2.00 bits per heavy atom. The lowest BCUT2D eigenvalue weighted by atomic mass is 9.92. The summed E-state index contributed by atoms with van der Waals surface area (Å²) < 4.78 is 27.2. The monoisotopic (exact) mass is 380 g/mol. The van der Waals surface area contributed by atoms with Crippen molar-refractivity contribution in [3.8, 4) is 11.1 Å². The van der Waals surface area contributed by atoms with Gasteiger partial charge in [0.25, 0.3) is 0 Å². The molecule has 1 atom stereocenters. The average Bonchev–Trinajstić information content (AvgIpc) is 2.62. The van der Waals surface area contributed by atoms with Gasteiger partial charge in [-0.2, -0.15) is 4.31 Å². The van der Waals surface area contributed by atoms with Crippen LogP contribution in [0.15, 0.2) is 59.5 Å². The van der Waals surface area contributed by atoms with E-state index in [0.717, 1.165) is 24.0 Å². The van der Waals surface area contributed by atoms with Crippen LogP contribution in [-0.2, 0) is 10.0 Å². The zero-order valence-corrected chi connectivity index (χ0v) is 16.0. The van der Waals surface area contributed by atoms with Gasteiger partial charge in [0.15, 0.2) is 0 Å². The van der Waals surface area contributed by atoms with Crippen molar-refractivity contribution in [2.75, 3.05) is 13.1 Å². The molecule has 1 heterocycles. The summed E-state index contributed by atoms with van der Waals surface area (Å²) in [6, 6.07) is 17.2. The summed E-state index contributed by atoms with van der Waals surface area (Å²) in [5.74, 6) is 0.414. The van der Waals surface area contributed by atoms with E-state index in [2.05, 4.69) is 0 Å². The van der Waals surface area contributed by atoms with Gasteiger partial charge >= 0.3 is 0 Å². The van der Waals surface area contributed by atoms with Gasteiger partial charge in [0, 0.05) is 19.1 Å². The Morgan fingerprint density at radius 2 is 1.48 bits per heavy atom. The van der Waals surface area contributed by atoms with E-state index >= 15 is 0 Å². The summed E-state index contributed by atoms with van der Waals surface area (Å²) in [7, 11) is -3.42. The molecule has 0 aromatic heterocycles. The quantitative estimate of drug-likeness (QED) is 0.882. The average molecular weight is 381 g/mol. The van der Waals surface area contributed by atoms with Gasteiger partial charge in [-0.25, -0.2) is 8.42 Å². The molecule has 0 bridgehead atoms. The van der Waals surface area contributed by atoms with Crippen molar-refractivity contribution in [2.45, 2.75) is 30.7 Å². The second-order valence-corrected chi connectivity index (χ2v) is 8.43. The molecule has 0 spiro atoms. The van der Waals surface area contributed by atoms with Crippen molar-refractivity contribution in [1.82, 2.24) is 4.31 Å². The Bertz CT molecular complexity index is 769. The van der Waals surface area contributed by atoms with Gasteiger partial charge in [-0.3, -0.25) is 0 Å². The summed E-state index contributed by atoms with van der Waals surface area (Å²) in [4.78, 5) is 0.362. The van der Waals surface area contributed by atoms with Crippen LogP contribution < -0.4 is 5.73 Å². The van der Waals surface area contributed by atoms with Crippen LogP contribution in [0.1, 0.15) is 19.8 Å². The smallest absolute Gasteiger partial charge is 0.243 e. The summed E-state index contributed by atoms with van der Waals surface area (Å²) in [5.41, 5.74) is 8.04. The number of sulfonamides is 1. The molecule has 0 amide bonds. The third kappa shape index (κ3) is 4.42. The van der Waals surface area contributed by atoms with Gasteiger partial charge in [-0.1, -0.05) is 42.5 Å². The molecule has 136 valence electrons. The summed E-state index contributed by atoms with van der Waals surface area (Å²) in [5, 5.41) is 0. The number of hydrogen-bond acceptors (Lipinski definition) is 3. The van der Waals surface area contributed by atoms with Crippen LogP contribution in [0.4, 0.5) is 0 Å². The Hall–Kier alpha value is -1.40. The van der Waals surface area contributed by atoms with Gasteiger partial charge < -0.3 is 5.73 Å². The standard InChI is InChI=1S/C19H24N2O2S.ClH/c1-15(20)16-11-13-21(14-12-16)24(22,23)19-9-7-18(8-10-19)17-5-3-2-4-6-17;/h2-10,15-16H,11-14,20H2,1H3;1H. The summed E-state index contributed by atoms with van der Waals surface area (Å²) >= 11 is 0. The largest absolute Gasteiger partial charge is 0.328 e. The Labute approximate surface area is 156 Å². The molecule has 1 fully saturated rings. The van der Waals surface area contributed by atoms with Crippen LogP contribution in [0.5, 0.6) is 0 Å². The molecule has 2 N–H and O–H groups in total. The Morgan fingerprint density at radius 1 is 0.960 bits per heavy atom. The minimum absolute atomic E-state index is 0. The van der Waals surface area contributed by atoms with E-state index in [4.69, 9.17) is 5.73 Å². The number of nitrogens with zero attached hydrogens (tertiary/aromatic N) is 1. The van der Waals surface area contributed by atoms with Crippen molar-refractivity contribution >= 4 is 22.4 Å². The molecule has 0 aliphatic carbocycles. The highest BCUT2D eigenvalue weighted by atomic mass is 35.5. The SMILES string of the molecule is CC(N)C1CCN(S(=O)(=O)c2ccc(-c3ccccc3)cc2)CC1.Cl. The predicted octanol–water partition coefficient (Wildman–Crippen LogP) is 3.52. The first-order valence-electron chi connectivity index (χ1n) is 8.40. The molecule has 0 saturated carbocycles. The van der Waals surface area contributed by atoms with Crippen LogP contribution in [-0.4, -0.2) is 31.9 Å². The van der Waals surface area contributed by atoms with Crippen molar-refractivity contribution in [3.05, 3.63) is 54.6 Å². The molecular weight excluding hydrogens is 356 g/mol. The second kappa shape index (κ2) is 8.32. The first kappa shape index (κ1) is 19.9. The molecule has 2 aromatic carbocycles. The van der Waals surface area contributed by atoms with Gasteiger partial charge in [0.05, 0.1) is 4.90 Å². The van der Waals surface area contributed by atoms with Crippen molar-refractivity contribution in [3.63, 3.8) is 0 Å². The maximum atomic E-state index is 12.8. The predicted molar refractivity (Wildman–Crippen MR) is 104 cm³/mol. The van der Waals surface area contributed by atoms with E-state index in [1.54, 1.807) is 16.4 Å². The summed E-state index contributed by atoms with van der Waals surface area (Å²) in [6.45, 7) is 3.10. The summed E-state index contributed by atoms with van der Waals surface area (Å²) in [6.07, 6.45) is 1.66. The fourth-order valence-electron chi connectivity index (χ4n) is 3.24. The van der Waals surface area contributed by atoms with Crippen LogP contribution in [0.25, 0.3) is 11.1 Å². The van der Waals surface area contributed by atoms with Crippen LogP contribution in [0.3, 0.4) is 0 Å². The third-order valence-corrected chi connectivity index (χ3v) is 6.75. The molecular formula is C19H25ClN2O2S. The highest BCUT2D eigenvalue weighted by Gasteiger charge is 2.30. The fourth-order valence-corrected chi connectivity index (χ4v) is 4.71. The first-order chi connectivity index (χ1) is 11.5. The topological polar surface area (TPSA) is 63.4 Å². The van der Waals surface area contributed by atoms with Crippen LogP contribution in [0, 0.1) is 5.92 Å². The van der Waals surface area contributed by atoms with Crippen molar-refractivity contribution in [2.24, 2.45) is 11.7 Å². The molecule has 1 unspecified atom stereocenters. The minimum Gasteiger partial charge on any atom is -0.328 e. The van der Waals surface area contributed by atoms with E-state index in [1.165, 1.54) is 0 Å². The first-order valence-corrected chi connectivity index (χ1v) is 9.84. The molecule has 6 heteroatoms. The number of nitrogens with two attached hydrogens (primary N) is 1. The maximum absolute atomic E-state index is 12.8. The Kier molecular flexibility index (Phi) is 6.63. The van der Waals surface area contributed by atoms with E-state index < -0.39 is 10.0 Å². The molecule has 2 aromatic rings. The zero-order valence-electron chi connectivity index (χ0n) is 14.3. The highest BCUT2D eigenvalue weighted by Crippen LogP contribution is 2.27. The number of rotatable bonds is 4. The number of piperidine rings is 1. The Balaban J connectivity index is 0.00000225. The van der Waals surface area contributed by atoms with E-state index in [1.807, 2.05) is 49.4 Å². The molecule has 25 heavy (non-hydrogen) atoms. The molecule has 1 saturated heterocycles. The second-order valence-electron chi connectivity index (χ2n) is 6.49. The van der Waals surface area contributed by atoms with Gasteiger partial charge in [0.1, 0.15) is 0 Å². The van der Waals surface area contributed by atoms with E-state index in [0.29, 0.717) is 23.9 Å². The van der Waals surface area contributed by atoms with Crippen LogP contribution in [0.2, 0.25) is 0 Å². The molecule has 0 radical (unpaired) electrons. The fraction of sp³-hybridized carbons (Fsp3) is 0.368. The molecule has 3 rings (SSSR count). The van der Waals surface area contributed by atoms with Gasteiger partial charge in [-0.15, -0.1) is 12.4 Å². The van der Waals surface area contributed by atoms with Crippen LogP contribution >= 0.6 is 12.4 Å². The zero-order chi connectivity index (χ0) is 17.2. The van der Waals surface area contributed by atoms with Crippen molar-refractivity contribution in [1.29, 1.82) is 0 Å². The van der Waals surface area contributed by atoms with Gasteiger partial charge in [-0.05, 0) is 48.9 Å².